The van der Waals surface area contributed by atoms with Gasteiger partial charge in [0.25, 0.3) is 5.91 Å². The van der Waals surface area contributed by atoms with Crippen molar-refractivity contribution in [3.05, 3.63) is 23.8 Å². The number of benzene rings is 1. The average Bonchev–Trinajstić information content (AvgIpc) is 2.42. The van der Waals surface area contributed by atoms with Crippen molar-refractivity contribution in [2.45, 2.75) is 19.8 Å². The summed E-state index contributed by atoms with van der Waals surface area (Å²) >= 11 is 0. The maximum atomic E-state index is 12.1. The van der Waals surface area contributed by atoms with Gasteiger partial charge in [0.05, 0.1) is 5.56 Å². The van der Waals surface area contributed by atoms with Crippen LogP contribution in [0, 0.1) is 5.92 Å². The SMILES string of the molecule is CC(CO)CCCNc1cc(N)ccc1C(=O)N(C)C. The minimum absolute atomic E-state index is 0.0452. The third-order valence-corrected chi connectivity index (χ3v) is 3.18. The van der Waals surface area contributed by atoms with Gasteiger partial charge in [-0.25, -0.2) is 0 Å². The molecule has 0 radical (unpaired) electrons. The lowest BCUT2D eigenvalue weighted by atomic mass is 10.1. The van der Waals surface area contributed by atoms with Gasteiger partial charge in [0.1, 0.15) is 0 Å². The van der Waals surface area contributed by atoms with Gasteiger partial charge in [-0.05, 0) is 37.0 Å². The summed E-state index contributed by atoms with van der Waals surface area (Å²) in [5, 5.41) is 12.2. The van der Waals surface area contributed by atoms with E-state index in [-0.39, 0.29) is 12.5 Å². The number of nitrogens with zero attached hydrogens (tertiary/aromatic N) is 1. The number of hydrogen-bond donors (Lipinski definition) is 3. The Kier molecular flexibility index (Phi) is 6.31. The van der Waals surface area contributed by atoms with Crippen molar-refractivity contribution in [3.8, 4) is 0 Å². The van der Waals surface area contributed by atoms with E-state index in [2.05, 4.69) is 5.32 Å². The molecule has 0 heterocycles. The van der Waals surface area contributed by atoms with Crippen molar-refractivity contribution < 1.29 is 9.90 Å². The molecule has 0 aliphatic rings. The Morgan fingerprint density at radius 2 is 2.15 bits per heavy atom. The zero-order chi connectivity index (χ0) is 15.1. The minimum Gasteiger partial charge on any atom is -0.399 e. The molecule has 1 unspecified atom stereocenters. The average molecular weight is 279 g/mol. The van der Waals surface area contributed by atoms with Gasteiger partial charge in [-0.15, -0.1) is 0 Å². The smallest absolute Gasteiger partial charge is 0.255 e. The van der Waals surface area contributed by atoms with E-state index in [1.807, 2.05) is 6.92 Å². The topological polar surface area (TPSA) is 78.6 Å². The molecular weight excluding hydrogens is 254 g/mol. The maximum absolute atomic E-state index is 12.1. The molecule has 4 N–H and O–H groups in total. The summed E-state index contributed by atoms with van der Waals surface area (Å²) in [7, 11) is 3.46. The first-order chi connectivity index (χ1) is 9.45. The Morgan fingerprint density at radius 3 is 2.75 bits per heavy atom. The molecule has 1 amide bonds. The Bertz CT molecular complexity index is 447. The number of anilines is 2. The van der Waals surface area contributed by atoms with Crippen LogP contribution in [0.1, 0.15) is 30.1 Å². The number of carbonyl (C=O) groups is 1. The summed E-state index contributed by atoms with van der Waals surface area (Å²) in [5.74, 6) is 0.261. The molecule has 0 aliphatic heterocycles. The maximum Gasteiger partial charge on any atom is 0.255 e. The second kappa shape index (κ2) is 7.75. The third kappa shape index (κ3) is 4.74. The summed E-state index contributed by atoms with van der Waals surface area (Å²) in [6.45, 7) is 2.98. The first kappa shape index (κ1) is 16.3. The summed E-state index contributed by atoms with van der Waals surface area (Å²) in [6, 6.07) is 5.26. The Balaban J connectivity index is 2.68. The van der Waals surface area contributed by atoms with Gasteiger partial charge >= 0.3 is 0 Å². The van der Waals surface area contributed by atoms with Crippen LogP contribution in [-0.4, -0.2) is 43.2 Å². The molecular formula is C15H25N3O2. The van der Waals surface area contributed by atoms with Gasteiger partial charge < -0.3 is 21.1 Å². The number of hydrogen-bond acceptors (Lipinski definition) is 4. The first-order valence-corrected chi connectivity index (χ1v) is 6.91. The number of amides is 1. The number of aliphatic hydroxyl groups is 1. The normalized spacial score (nSPS) is 12.0. The summed E-state index contributed by atoms with van der Waals surface area (Å²) in [4.78, 5) is 13.6. The van der Waals surface area contributed by atoms with Crippen LogP contribution in [0.5, 0.6) is 0 Å². The molecule has 1 aromatic rings. The fourth-order valence-electron chi connectivity index (χ4n) is 1.90. The van der Waals surface area contributed by atoms with Gasteiger partial charge in [0.15, 0.2) is 0 Å². The monoisotopic (exact) mass is 279 g/mol. The Hall–Kier alpha value is -1.75. The number of nitrogens with two attached hydrogens (primary N) is 1. The van der Waals surface area contributed by atoms with E-state index < -0.39 is 0 Å². The zero-order valence-corrected chi connectivity index (χ0v) is 12.5. The minimum atomic E-state index is -0.0452. The summed E-state index contributed by atoms with van der Waals surface area (Å²) in [6.07, 6.45) is 1.88. The second-order valence-electron chi connectivity index (χ2n) is 5.36. The molecule has 1 atom stereocenters. The van der Waals surface area contributed by atoms with Crippen LogP contribution in [-0.2, 0) is 0 Å². The molecule has 5 heteroatoms. The van der Waals surface area contributed by atoms with E-state index in [4.69, 9.17) is 10.8 Å². The van der Waals surface area contributed by atoms with Crippen LogP contribution in [0.2, 0.25) is 0 Å². The fourth-order valence-corrected chi connectivity index (χ4v) is 1.90. The van der Waals surface area contributed by atoms with Crippen LogP contribution < -0.4 is 11.1 Å². The van der Waals surface area contributed by atoms with Gasteiger partial charge in [-0.3, -0.25) is 4.79 Å². The molecule has 1 aromatic carbocycles. The predicted octanol–water partition coefficient (Wildman–Crippen LogP) is 1.79. The van der Waals surface area contributed by atoms with Gasteiger partial charge in [-0.2, -0.15) is 0 Å². The van der Waals surface area contributed by atoms with Crippen molar-refractivity contribution in [3.63, 3.8) is 0 Å². The lowest BCUT2D eigenvalue weighted by Gasteiger charge is -2.16. The number of carbonyl (C=O) groups excluding carboxylic acids is 1. The Morgan fingerprint density at radius 1 is 1.45 bits per heavy atom. The highest BCUT2D eigenvalue weighted by Gasteiger charge is 2.13. The van der Waals surface area contributed by atoms with Gasteiger partial charge in [0.2, 0.25) is 0 Å². The molecule has 1 rings (SSSR count). The summed E-state index contributed by atoms with van der Waals surface area (Å²) in [5.41, 5.74) is 7.80. The number of rotatable bonds is 7. The highest BCUT2D eigenvalue weighted by molar-refractivity contribution is 5.99. The van der Waals surface area contributed by atoms with E-state index in [0.29, 0.717) is 17.2 Å². The van der Waals surface area contributed by atoms with Crippen molar-refractivity contribution >= 4 is 17.3 Å². The van der Waals surface area contributed by atoms with Crippen molar-refractivity contribution in [1.29, 1.82) is 0 Å². The number of nitrogen functional groups attached to an aromatic ring is 1. The number of nitrogens with one attached hydrogen (secondary N) is 1. The second-order valence-corrected chi connectivity index (χ2v) is 5.36. The molecule has 112 valence electrons. The van der Waals surface area contributed by atoms with Crippen LogP contribution in [0.25, 0.3) is 0 Å². The molecule has 0 aliphatic carbocycles. The van der Waals surface area contributed by atoms with E-state index in [0.717, 1.165) is 25.1 Å². The Labute approximate surface area is 120 Å². The lowest BCUT2D eigenvalue weighted by Crippen LogP contribution is -2.23. The van der Waals surface area contributed by atoms with Crippen LogP contribution in [0.4, 0.5) is 11.4 Å². The zero-order valence-electron chi connectivity index (χ0n) is 12.5. The molecule has 0 fully saturated rings. The standard InChI is InChI=1S/C15H25N3O2/c1-11(10-19)5-4-8-17-14-9-12(16)6-7-13(14)15(20)18(2)3/h6-7,9,11,17,19H,4-5,8,10,16H2,1-3H3. The highest BCUT2D eigenvalue weighted by Crippen LogP contribution is 2.20. The highest BCUT2D eigenvalue weighted by atomic mass is 16.3. The predicted molar refractivity (Wildman–Crippen MR) is 82.8 cm³/mol. The van der Waals surface area contributed by atoms with Gasteiger partial charge in [-0.1, -0.05) is 6.92 Å². The lowest BCUT2D eigenvalue weighted by molar-refractivity contribution is 0.0828. The quantitative estimate of drug-likeness (QED) is 0.525. The van der Waals surface area contributed by atoms with E-state index >= 15 is 0 Å². The van der Waals surface area contributed by atoms with Gasteiger partial charge in [0, 0.05) is 38.6 Å². The molecule has 0 bridgehead atoms. The number of aliphatic hydroxyl groups excluding tert-OH is 1. The van der Waals surface area contributed by atoms with Crippen LogP contribution in [0.15, 0.2) is 18.2 Å². The van der Waals surface area contributed by atoms with E-state index in [1.54, 1.807) is 37.2 Å². The van der Waals surface area contributed by atoms with Crippen molar-refractivity contribution in [2.24, 2.45) is 5.92 Å². The van der Waals surface area contributed by atoms with E-state index in [9.17, 15) is 4.79 Å². The summed E-state index contributed by atoms with van der Waals surface area (Å²) < 4.78 is 0. The third-order valence-electron chi connectivity index (χ3n) is 3.18. The van der Waals surface area contributed by atoms with Crippen LogP contribution in [0.3, 0.4) is 0 Å². The van der Waals surface area contributed by atoms with E-state index in [1.165, 1.54) is 0 Å². The first-order valence-electron chi connectivity index (χ1n) is 6.91. The molecule has 0 saturated heterocycles. The molecule has 20 heavy (non-hydrogen) atoms. The molecule has 0 saturated carbocycles. The fraction of sp³-hybridized carbons (Fsp3) is 0.533. The van der Waals surface area contributed by atoms with Crippen molar-refractivity contribution in [1.82, 2.24) is 4.90 Å². The largest absolute Gasteiger partial charge is 0.399 e. The van der Waals surface area contributed by atoms with Crippen LogP contribution >= 0.6 is 0 Å². The molecule has 5 nitrogen and oxygen atoms in total. The molecule has 0 aromatic heterocycles. The van der Waals surface area contributed by atoms with Crippen molar-refractivity contribution in [2.75, 3.05) is 38.3 Å². The molecule has 0 spiro atoms.